The van der Waals surface area contributed by atoms with Crippen molar-refractivity contribution in [3.63, 3.8) is 0 Å². The Hall–Kier alpha value is -2.42. The van der Waals surface area contributed by atoms with E-state index in [0.717, 1.165) is 16.8 Å². The van der Waals surface area contributed by atoms with Crippen LogP contribution in [0.5, 0.6) is 0 Å². The lowest BCUT2D eigenvalue weighted by atomic mass is 9.82. The number of hydrazone groups is 1. The highest BCUT2D eigenvalue weighted by atomic mass is 16.2. The first-order valence-electron chi connectivity index (χ1n) is 7.97. The summed E-state index contributed by atoms with van der Waals surface area (Å²) in [7, 11) is 0. The maximum absolute atomic E-state index is 11.8. The van der Waals surface area contributed by atoms with E-state index >= 15 is 0 Å². The summed E-state index contributed by atoms with van der Waals surface area (Å²) in [5.74, 6) is -0.0326. The van der Waals surface area contributed by atoms with Crippen molar-refractivity contribution in [2.24, 2.45) is 5.10 Å². The first kappa shape index (κ1) is 15.5. The molecule has 1 amide bonds. The molecule has 2 aromatic carbocycles. The van der Waals surface area contributed by atoms with E-state index in [9.17, 15) is 4.79 Å². The molecule has 0 aliphatic carbocycles. The molecule has 23 heavy (non-hydrogen) atoms. The van der Waals surface area contributed by atoms with Crippen molar-refractivity contribution < 1.29 is 4.79 Å². The Morgan fingerprint density at radius 3 is 2.26 bits per heavy atom. The quantitative estimate of drug-likeness (QED) is 0.895. The molecule has 0 aromatic heterocycles. The maximum atomic E-state index is 11.8. The van der Waals surface area contributed by atoms with Gasteiger partial charge in [0.05, 0.1) is 5.71 Å². The van der Waals surface area contributed by atoms with E-state index in [1.54, 1.807) is 0 Å². The first-order chi connectivity index (χ1) is 10.9. The molecule has 0 spiro atoms. The Bertz CT molecular complexity index is 724. The van der Waals surface area contributed by atoms with Gasteiger partial charge in [0.2, 0.25) is 5.91 Å². The number of nitrogens with zero attached hydrogens (tertiary/aromatic N) is 1. The number of hydrogen-bond acceptors (Lipinski definition) is 2. The molecule has 3 rings (SSSR count). The Labute approximate surface area is 137 Å². The second-order valence-electron chi connectivity index (χ2n) is 7.03. The third-order valence-corrected chi connectivity index (χ3v) is 4.27. The van der Waals surface area contributed by atoms with Crippen LogP contribution in [0.2, 0.25) is 0 Å². The van der Waals surface area contributed by atoms with Gasteiger partial charge in [-0.2, -0.15) is 5.10 Å². The smallest absolute Gasteiger partial charge is 0.241 e. The van der Waals surface area contributed by atoms with Gasteiger partial charge in [-0.1, -0.05) is 75.4 Å². The highest BCUT2D eigenvalue weighted by Crippen LogP contribution is 2.30. The minimum Gasteiger partial charge on any atom is -0.273 e. The fourth-order valence-electron chi connectivity index (χ4n) is 2.89. The van der Waals surface area contributed by atoms with E-state index in [0.29, 0.717) is 6.42 Å². The van der Waals surface area contributed by atoms with E-state index in [2.05, 4.69) is 55.6 Å². The minimum absolute atomic E-state index is 0.000156. The van der Waals surface area contributed by atoms with Gasteiger partial charge in [-0.15, -0.1) is 0 Å². The molecular weight excluding hydrogens is 284 g/mol. The van der Waals surface area contributed by atoms with Gasteiger partial charge >= 0.3 is 0 Å². The Morgan fingerprint density at radius 1 is 1.00 bits per heavy atom. The molecule has 118 valence electrons. The predicted molar refractivity (Wildman–Crippen MR) is 93.6 cm³/mol. The van der Waals surface area contributed by atoms with Crippen molar-refractivity contribution in [1.29, 1.82) is 0 Å². The van der Waals surface area contributed by atoms with Crippen LogP contribution in [0.1, 0.15) is 49.8 Å². The molecule has 0 radical (unpaired) electrons. The first-order valence-corrected chi connectivity index (χ1v) is 7.97. The van der Waals surface area contributed by atoms with Gasteiger partial charge in [-0.25, -0.2) is 5.43 Å². The second kappa shape index (κ2) is 5.99. The summed E-state index contributed by atoms with van der Waals surface area (Å²) < 4.78 is 0. The van der Waals surface area contributed by atoms with Gasteiger partial charge in [0.25, 0.3) is 0 Å². The van der Waals surface area contributed by atoms with Gasteiger partial charge in [0.1, 0.15) is 0 Å². The van der Waals surface area contributed by atoms with E-state index in [4.69, 9.17) is 0 Å². The highest BCUT2D eigenvalue weighted by Gasteiger charge is 2.27. The summed E-state index contributed by atoms with van der Waals surface area (Å²) in [5, 5.41) is 4.33. The van der Waals surface area contributed by atoms with Crippen LogP contribution >= 0.6 is 0 Å². The lowest BCUT2D eigenvalue weighted by Gasteiger charge is -2.25. The molecule has 1 aliphatic heterocycles. The normalized spacial score (nSPS) is 18.3. The van der Waals surface area contributed by atoms with Gasteiger partial charge in [0.15, 0.2) is 0 Å². The molecule has 1 aliphatic rings. The molecule has 0 saturated heterocycles. The van der Waals surface area contributed by atoms with Crippen LogP contribution < -0.4 is 5.43 Å². The summed E-state index contributed by atoms with van der Waals surface area (Å²) in [4.78, 5) is 11.8. The van der Waals surface area contributed by atoms with E-state index < -0.39 is 0 Å². The number of carbonyl (C=O) groups is 1. The van der Waals surface area contributed by atoms with Gasteiger partial charge in [0, 0.05) is 12.3 Å². The molecule has 0 saturated carbocycles. The summed E-state index contributed by atoms with van der Waals surface area (Å²) >= 11 is 0. The summed E-state index contributed by atoms with van der Waals surface area (Å²) in [6.07, 6.45) is 0.433. The van der Waals surface area contributed by atoms with Crippen molar-refractivity contribution in [2.75, 3.05) is 0 Å². The average Bonchev–Trinajstić information content (AvgIpc) is 2.55. The van der Waals surface area contributed by atoms with Gasteiger partial charge < -0.3 is 0 Å². The van der Waals surface area contributed by atoms with Crippen LogP contribution in [0, 0.1) is 0 Å². The molecule has 3 nitrogen and oxygen atoms in total. The number of rotatable bonds is 2. The van der Waals surface area contributed by atoms with Crippen molar-refractivity contribution in [1.82, 2.24) is 5.43 Å². The molecular formula is C20H22N2O. The summed E-state index contributed by atoms with van der Waals surface area (Å²) in [6.45, 7) is 6.60. The highest BCUT2D eigenvalue weighted by molar-refractivity contribution is 6.08. The van der Waals surface area contributed by atoms with Crippen LogP contribution in [-0.4, -0.2) is 11.6 Å². The Balaban J connectivity index is 1.97. The maximum Gasteiger partial charge on any atom is 0.241 e. The average molecular weight is 306 g/mol. The predicted octanol–water partition coefficient (Wildman–Crippen LogP) is 3.99. The number of hydrogen-bond donors (Lipinski definition) is 1. The number of carbonyl (C=O) groups excluding carboxylic acids is 1. The van der Waals surface area contributed by atoms with E-state index in [1.807, 2.05) is 30.3 Å². The van der Waals surface area contributed by atoms with Crippen LogP contribution in [0.15, 0.2) is 59.7 Å². The van der Waals surface area contributed by atoms with Crippen molar-refractivity contribution in [3.8, 4) is 0 Å². The third kappa shape index (κ3) is 3.34. The SMILES string of the molecule is CC(C)(C)c1ccc(C2CC(=O)NN=C2c2ccccc2)cc1. The molecule has 1 atom stereocenters. The second-order valence-corrected chi connectivity index (χ2v) is 7.03. The molecule has 1 unspecified atom stereocenters. The fraction of sp³-hybridized carbons (Fsp3) is 0.300. The third-order valence-electron chi connectivity index (χ3n) is 4.27. The fourth-order valence-corrected chi connectivity index (χ4v) is 2.89. The molecule has 3 heteroatoms. The zero-order valence-corrected chi connectivity index (χ0v) is 13.8. The van der Waals surface area contributed by atoms with Crippen LogP contribution in [0.3, 0.4) is 0 Å². The molecule has 1 heterocycles. The lowest BCUT2D eigenvalue weighted by molar-refractivity contribution is -0.121. The van der Waals surface area contributed by atoms with Crippen molar-refractivity contribution in [2.45, 2.75) is 38.5 Å². The van der Waals surface area contributed by atoms with Crippen molar-refractivity contribution in [3.05, 3.63) is 71.3 Å². The van der Waals surface area contributed by atoms with E-state index in [1.165, 1.54) is 5.56 Å². The van der Waals surface area contributed by atoms with Gasteiger partial charge in [-0.3, -0.25) is 4.79 Å². The van der Waals surface area contributed by atoms with E-state index in [-0.39, 0.29) is 17.2 Å². The standard InChI is InChI=1S/C20H22N2O/c1-20(2,3)16-11-9-14(10-12-16)17-13-18(23)21-22-19(17)15-7-5-4-6-8-15/h4-12,17H,13H2,1-3H3,(H,21,23). The topological polar surface area (TPSA) is 41.5 Å². The Kier molecular flexibility index (Phi) is 4.03. The molecule has 1 N–H and O–H groups in total. The summed E-state index contributed by atoms with van der Waals surface area (Å²) in [6, 6.07) is 18.6. The van der Waals surface area contributed by atoms with Crippen LogP contribution in [-0.2, 0) is 10.2 Å². The zero-order chi connectivity index (χ0) is 16.4. The number of nitrogens with one attached hydrogen (secondary N) is 1. The number of benzene rings is 2. The number of amides is 1. The summed E-state index contributed by atoms with van der Waals surface area (Å²) in [5.41, 5.74) is 7.14. The molecule has 0 bridgehead atoms. The molecule has 0 fully saturated rings. The molecule has 2 aromatic rings. The largest absolute Gasteiger partial charge is 0.273 e. The minimum atomic E-state index is -0.0328. The Morgan fingerprint density at radius 2 is 1.65 bits per heavy atom. The van der Waals surface area contributed by atoms with Crippen molar-refractivity contribution >= 4 is 11.6 Å². The van der Waals surface area contributed by atoms with Gasteiger partial charge in [-0.05, 0) is 22.1 Å². The monoisotopic (exact) mass is 306 g/mol. The lowest BCUT2D eigenvalue weighted by Crippen LogP contribution is -2.32. The van der Waals surface area contributed by atoms with Crippen LogP contribution in [0.4, 0.5) is 0 Å². The zero-order valence-electron chi connectivity index (χ0n) is 13.8. The van der Waals surface area contributed by atoms with Crippen LogP contribution in [0.25, 0.3) is 0 Å².